The van der Waals surface area contributed by atoms with Crippen LogP contribution in [0.1, 0.15) is 31.5 Å². The van der Waals surface area contributed by atoms with Gasteiger partial charge in [0, 0.05) is 31.3 Å². The molecule has 12 heteroatoms. The van der Waals surface area contributed by atoms with Crippen molar-refractivity contribution < 1.29 is 28.8 Å². The molecule has 12 nitrogen and oxygen atoms in total. The van der Waals surface area contributed by atoms with E-state index in [1.807, 2.05) is 30.3 Å². The van der Waals surface area contributed by atoms with Gasteiger partial charge < -0.3 is 25.3 Å². The molecule has 2 aliphatic heterocycles. The van der Waals surface area contributed by atoms with Crippen LogP contribution in [-0.4, -0.2) is 80.0 Å². The van der Waals surface area contributed by atoms with Gasteiger partial charge in [-0.3, -0.25) is 19.2 Å². The minimum Gasteiger partial charge on any atom is -0.443 e. The van der Waals surface area contributed by atoms with Gasteiger partial charge >= 0.3 is 6.09 Å². The number of piperazine rings is 1. The number of carbonyl (C=O) groups excluding carboxylic acids is 4. The number of nitrogens with zero attached hydrogens (tertiary/aromatic N) is 4. The number of carbonyl (C=O) groups is 4. The van der Waals surface area contributed by atoms with Gasteiger partial charge in [0.1, 0.15) is 12.6 Å². The lowest BCUT2D eigenvalue weighted by molar-refractivity contribution is -0.273. The first kappa shape index (κ1) is 25.2. The fourth-order valence-corrected chi connectivity index (χ4v) is 4.38. The maximum absolute atomic E-state index is 13.6. The van der Waals surface area contributed by atoms with E-state index in [9.17, 15) is 19.2 Å². The molecular formula is C24H30N6O6. The number of H-pyrrole nitrogens is 1. The molecule has 2 aliphatic rings. The number of hydrogen-bond acceptors (Lipinski definition) is 7. The van der Waals surface area contributed by atoms with Gasteiger partial charge in [0.05, 0.1) is 12.9 Å². The number of aromatic nitrogens is 2. The Bertz CT molecular complexity index is 1090. The Morgan fingerprint density at radius 3 is 2.61 bits per heavy atom. The fraction of sp³-hybridized carbons (Fsp3) is 0.458. The van der Waals surface area contributed by atoms with E-state index in [1.54, 1.807) is 20.0 Å². The average molecular weight is 499 g/mol. The lowest BCUT2D eigenvalue weighted by Crippen LogP contribution is -2.74. The lowest BCUT2D eigenvalue weighted by atomic mass is 9.98. The molecule has 2 aromatic rings. The summed E-state index contributed by atoms with van der Waals surface area (Å²) in [5.74, 6) is -1.59. The summed E-state index contributed by atoms with van der Waals surface area (Å²) in [6.07, 6.45) is 0.422. The second-order valence-electron chi connectivity index (χ2n) is 9.16. The fourth-order valence-electron chi connectivity index (χ4n) is 4.38. The van der Waals surface area contributed by atoms with E-state index in [4.69, 9.17) is 15.3 Å². The number of fused-ring (bicyclic) bond motifs is 1. The van der Waals surface area contributed by atoms with Crippen LogP contribution in [-0.2, 0) is 37.0 Å². The van der Waals surface area contributed by atoms with Crippen LogP contribution in [0.2, 0.25) is 0 Å². The number of hydrogen-bond donors (Lipinski definition) is 2. The number of imidazole rings is 1. The molecule has 4 rings (SSSR count). The number of ether oxygens (including phenoxy) is 1. The summed E-state index contributed by atoms with van der Waals surface area (Å²) in [4.78, 5) is 67.4. The number of rotatable bonds is 8. The normalized spacial score (nSPS) is 22.1. The molecule has 3 atom stereocenters. The summed E-state index contributed by atoms with van der Waals surface area (Å²) < 4.78 is 5.51. The van der Waals surface area contributed by atoms with Gasteiger partial charge in [-0.15, -0.1) is 0 Å². The molecule has 2 fully saturated rings. The number of benzene rings is 1. The van der Waals surface area contributed by atoms with Gasteiger partial charge in [-0.05, 0) is 11.5 Å². The average Bonchev–Trinajstić information content (AvgIpc) is 3.37. The van der Waals surface area contributed by atoms with Crippen LogP contribution < -0.4 is 5.73 Å². The largest absolute Gasteiger partial charge is 0.443 e. The molecule has 0 bridgehead atoms. The lowest BCUT2D eigenvalue weighted by Gasteiger charge is -2.53. The first-order valence-electron chi connectivity index (χ1n) is 11.8. The van der Waals surface area contributed by atoms with E-state index in [-0.39, 0.29) is 44.4 Å². The molecule has 192 valence electrons. The molecule has 3 N–H and O–H groups in total. The second-order valence-corrected chi connectivity index (χ2v) is 9.16. The molecule has 3 heterocycles. The number of aromatic amines is 1. The van der Waals surface area contributed by atoms with Crippen LogP contribution in [0.15, 0.2) is 42.9 Å². The predicted octanol–water partition coefficient (Wildman–Crippen LogP) is 0.802. The smallest absolute Gasteiger partial charge is 0.436 e. The Balaban J connectivity index is 1.65. The maximum atomic E-state index is 13.6. The van der Waals surface area contributed by atoms with Crippen LogP contribution in [0.25, 0.3) is 0 Å². The van der Waals surface area contributed by atoms with Crippen molar-refractivity contribution in [1.29, 1.82) is 0 Å². The Morgan fingerprint density at radius 2 is 1.97 bits per heavy atom. The summed E-state index contributed by atoms with van der Waals surface area (Å²) in [5.41, 5.74) is 6.74. The van der Waals surface area contributed by atoms with Crippen LogP contribution in [0, 0.1) is 5.92 Å². The highest BCUT2D eigenvalue weighted by Crippen LogP contribution is 2.31. The summed E-state index contributed by atoms with van der Waals surface area (Å²) in [5, 5.41) is 1.04. The molecule has 1 aromatic carbocycles. The molecule has 0 radical (unpaired) electrons. The first-order chi connectivity index (χ1) is 17.3. The highest BCUT2D eigenvalue weighted by atomic mass is 16.7. The van der Waals surface area contributed by atoms with E-state index in [0.29, 0.717) is 5.69 Å². The molecule has 0 saturated carbocycles. The third-order valence-electron chi connectivity index (χ3n) is 6.22. The van der Waals surface area contributed by atoms with Gasteiger partial charge in [0.15, 0.2) is 12.3 Å². The van der Waals surface area contributed by atoms with Crippen LogP contribution in [0.3, 0.4) is 0 Å². The molecule has 36 heavy (non-hydrogen) atoms. The summed E-state index contributed by atoms with van der Waals surface area (Å²) >= 11 is 0. The van der Waals surface area contributed by atoms with Gasteiger partial charge in [-0.1, -0.05) is 44.2 Å². The summed E-state index contributed by atoms with van der Waals surface area (Å²) in [7, 11) is 0. The standard InChI is InChI=1S/C24H30N6O6/c1-15(2)21-23(33)29-18(10-17-11-26-14-27-17)22(32)28(9-8-19(25)31)12-20(29)30(36-21)24(34)35-13-16-6-4-3-5-7-16/h3-7,11,14-15,18,20-21H,8-10,12-13H2,1-2H3,(H2,25,31)(H,26,27)/t18-,20?,21+/m0/s1. The van der Waals surface area contributed by atoms with Crippen molar-refractivity contribution in [3.05, 3.63) is 54.1 Å². The SMILES string of the molecule is CC(C)[C@H]1ON(C(=O)OCc2ccccc2)C2CN(CCC(N)=O)C(=O)[C@H](Cc3cnc[nH]3)N2C1=O. The summed E-state index contributed by atoms with van der Waals surface area (Å²) in [6.45, 7) is 3.60. The van der Waals surface area contributed by atoms with Crippen molar-refractivity contribution in [1.82, 2.24) is 24.8 Å². The Labute approximate surface area is 208 Å². The van der Waals surface area contributed by atoms with E-state index in [2.05, 4.69) is 9.97 Å². The second kappa shape index (κ2) is 10.8. The minimum absolute atomic E-state index is 0.00837. The topological polar surface area (TPSA) is 151 Å². The molecule has 1 aromatic heterocycles. The van der Waals surface area contributed by atoms with Crippen LogP contribution in [0.5, 0.6) is 0 Å². The summed E-state index contributed by atoms with van der Waals surface area (Å²) in [6, 6.07) is 8.22. The molecule has 1 unspecified atom stereocenters. The Hall–Kier alpha value is -3.93. The predicted molar refractivity (Wildman–Crippen MR) is 125 cm³/mol. The van der Waals surface area contributed by atoms with E-state index in [1.165, 1.54) is 16.1 Å². The maximum Gasteiger partial charge on any atom is 0.436 e. The van der Waals surface area contributed by atoms with Crippen molar-refractivity contribution in [2.75, 3.05) is 13.1 Å². The zero-order chi connectivity index (χ0) is 25.8. The van der Waals surface area contributed by atoms with Crippen LogP contribution in [0.4, 0.5) is 4.79 Å². The third kappa shape index (κ3) is 5.33. The van der Waals surface area contributed by atoms with E-state index >= 15 is 0 Å². The highest BCUT2D eigenvalue weighted by molar-refractivity contribution is 5.92. The van der Waals surface area contributed by atoms with Crippen LogP contribution >= 0.6 is 0 Å². The molecule has 2 saturated heterocycles. The zero-order valence-electron chi connectivity index (χ0n) is 20.2. The molecule has 4 amide bonds. The van der Waals surface area contributed by atoms with Crippen molar-refractivity contribution in [3.8, 4) is 0 Å². The Kier molecular flexibility index (Phi) is 7.53. The van der Waals surface area contributed by atoms with Gasteiger partial charge in [0.25, 0.3) is 5.91 Å². The van der Waals surface area contributed by atoms with Gasteiger partial charge in [0.2, 0.25) is 11.8 Å². The van der Waals surface area contributed by atoms with Gasteiger partial charge in [-0.2, -0.15) is 5.06 Å². The molecular weight excluding hydrogens is 468 g/mol. The molecule has 0 spiro atoms. The van der Waals surface area contributed by atoms with Crippen molar-refractivity contribution in [3.63, 3.8) is 0 Å². The number of hydroxylamine groups is 2. The Morgan fingerprint density at radius 1 is 1.22 bits per heavy atom. The number of nitrogens with two attached hydrogens (primary N) is 1. The van der Waals surface area contributed by atoms with Gasteiger partial charge in [-0.25, -0.2) is 9.78 Å². The molecule has 0 aliphatic carbocycles. The monoisotopic (exact) mass is 498 g/mol. The number of nitrogens with one attached hydrogen (secondary N) is 1. The van der Waals surface area contributed by atoms with E-state index in [0.717, 1.165) is 10.6 Å². The number of amides is 4. The van der Waals surface area contributed by atoms with Crippen molar-refractivity contribution in [2.24, 2.45) is 11.7 Å². The quantitative estimate of drug-likeness (QED) is 0.546. The first-order valence-corrected chi connectivity index (χ1v) is 11.8. The highest BCUT2D eigenvalue weighted by Gasteiger charge is 2.54. The van der Waals surface area contributed by atoms with E-state index < -0.39 is 36.2 Å². The van der Waals surface area contributed by atoms with Crippen molar-refractivity contribution in [2.45, 2.75) is 51.6 Å². The zero-order valence-corrected chi connectivity index (χ0v) is 20.2. The number of primary amides is 1. The minimum atomic E-state index is -0.986. The third-order valence-corrected chi connectivity index (χ3v) is 6.22. The van der Waals surface area contributed by atoms with Crippen molar-refractivity contribution >= 4 is 23.8 Å².